The Kier molecular flexibility index (Phi) is 3.01. The zero-order chi connectivity index (χ0) is 10.7. The minimum Gasteiger partial charge on any atom is -0.467 e. The van der Waals surface area contributed by atoms with Crippen LogP contribution in [-0.4, -0.2) is 21.9 Å². The maximum Gasteiger partial charge on any atom is 0.315 e. The van der Waals surface area contributed by atoms with E-state index in [-0.39, 0.29) is 0 Å². The predicted octanol–water partition coefficient (Wildman–Crippen LogP) is 2.10. The fraction of sp³-hybridized carbons (Fsp3) is 0.200. The molecule has 0 aliphatic heterocycles. The summed E-state index contributed by atoms with van der Waals surface area (Å²) in [7, 11) is 1.58. The molecule has 0 atom stereocenters. The lowest BCUT2D eigenvalue weighted by Gasteiger charge is -2.03. The van der Waals surface area contributed by atoms with Gasteiger partial charge in [0, 0.05) is 0 Å². The number of ether oxygens (including phenoxy) is 1. The van der Waals surface area contributed by atoms with Crippen molar-refractivity contribution >= 4 is 15.9 Å². The third-order valence-corrected chi connectivity index (χ3v) is 2.31. The zero-order valence-electron chi connectivity index (χ0n) is 8.22. The molecular weight excluding hydrogens is 258 g/mol. The van der Waals surface area contributed by atoms with Crippen LogP contribution in [0.1, 0.15) is 5.56 Å². The Hall–Kier alpha value is -1.36. The summed E-state index contributed by atoms with van der Waals surface area (Å²) in [4.78, 5) is 4.07. The number of aromatic nitrogens is 3. The topological polar surface area (TPSA) is 39.9 Å². The molecule has 0 spiro atoms. The lowest BCUT2D eigenvalue weighted by molar-refractivity contribution is 0.352. The van der Waals surface area contributed by atoms with E-state index in [0.717, 1.165) is 5.56 Å². The summed E-state index contributed by atoms with van der Waals surface area (Å²) in [5.74, 6) is 0. The van der Waals surface area contributed by atoms with Crippen molar-refractivity contribution in [2.75, 3.05) is 7.11 Å². The standard InChI is InChI=1S/C10H10BrN3O/c1-15-10-12-9(11)13-14(10)7-8-5-3-2-4-6-8/h2-6H,7H2,1H3. The van der Waals surface area contributed by atoms with Gasteiger partial charge in [0.05, 0.1) is 13.7 Å². The first kappa shape index (κ1) is 10.2. The highest BCUT2D eigenvalue weighted by Crippen LogP contribution is 2.13. The van der Waals surface area contributed by atoms with Crippen LogP contribution in [0.5, 0.6) is 6.01 Å². The molecule has 0 bridgehead atoms. The molecule has 0 fully saturated rings. The molecule has 1 aromatic heterocycles. The minimum atomic E-state index is 0.505. The van der Waals surface area contributed by atoms with Gasteiger partial charge in [-0.05, 0) is 21.5 Å². The Balaban J connectivity index is 2.24. The molecule has 1 aromatic carbocycles. The fourth-order valence-electron chi connectivity index (χ4n) is 1.31. The second-order valence-electron chi connectivity index (χ2n) is 3.01. The summed E-state index contributed by atoms with van der Waals surface area (Å²) >= 11 is 3.21. The SMILES string of the molecule is COc1nc(Br)nn1Cc1ccccc1. The van der Waals surface area contributed by atoms with Crippen LogP contribution in [-0.2, 0) is 6.54 Å². The van der Waals surface area contributed by atoms with Crippen LogP contribution in [0.2, 0.25) is 0 Å². The Morgan fingerprint density at radius 2 is 2.07 bits per heavy atom. The molecule has 5 heteroatoms. The molecule has 0 radical (unpaired) electrons. The zero-order valence-corrected chi connectivity index (χ0v) is 9.81. The molecular formula is C10H10BrN3O. The van der Waals surface area contributed by atoms with E-state index in [1.807, 2.05) is 30.3 Å². The van der Waals surface area contributed by atoms with Crippen LogP contribution in [0.4, 0.5) is 0 Å². The van der Waals surface area contributed by atoms with Crippen molar-refractivity contribution in [1.82, 2.24) is 14.8 Å². The van der Waals surface area contributed by atoms with Gasteiger partial charge >= 0.3 is 6.01 Å². The van der Waals surface area contributed by atoms with Crippen molar-refractivity contribution in [3.8, 4) is 6.01 Å². The second-order valence-corrected chi connectivity index (χ2v) is 3.72. The first-order valence-electron chi connectivity index (χ1n) is 4.48. The van der Waals surface area contributed by atoms with Crippen LogP contribution in [0.15, 0.2) is 35.1 Å². The maximum atomic E-state index is 5.10. The number of halogens is 1. The van der Waals surface area contributed by atoms with E-state index in [9.17, 15) is 0 Å². The van der Waals surface area contributed by atoms with Gasteiger partial charge in [-0.3, -0.25) is 0 Å². The van der Waals surface area contributed by atoms with Crippen LogP contribution >= 0.6 is 15.9 Å². The lowest BCUT2D eigenvalue weighted by atomic mass is 10.2. The second kappa shape index (κ2) is 4.44. The smallest absolute Gasteiger partial charge is 0.315 e. The average molecular weight is 268 g/mol. The summed E-state index contributed by atoms with van der Waals surface area (Å²) < 4.78 is 7.34. The van der Waals surface area contributed by atoms with Crippen LogP contribution < -0.4 is 4.74 Å². The molecule has 4 nitrogen and oxygen atoms in total. The average Bonchev–Trinajstić information content (AvgIpc) is 2.60. The highest BCUT2D eigenvalue weighted by molar-refractivity contribution is 9.10. The van der Waals surface area contributed by atoms with Gasteiger partial charge in [-0.15, -0.1) is 5.10 Å². The molecule has 78 valence electrons. The molecule has 0 amide bonds. The summed E-state index contributed by atoms with van der Waals surface area (Å²) in [6.45, 7) is 0.655. The van der Waals surface area contributed by atoms with Crippen molar-refractivity contribution < 1.29 is 4.74 Å². The summed E-state index contributed by atoms with van der Waals surface area (Å²) in [5, 5.41) is 4.17. The largest absolute Gasteiger partial charge is 0.467 e. The van der Waals surface area contributed by atoms with Gasteiger partial charge in [0.25, 0.3) is 0 Å². The van der Waals surface area contributed by atoms with Gasteiger partial charge in [0.1, 0.15) is 0 Å². The van der Waals surface area contributed by atoms with Crippen molar-refractivity contribution in [3.63, 3.8) is 0 Å². The Bertz CT molecular complexity index is 441. The molecule has 0 aliphatic carbocycles. The predicted molar refractivity (Wildman–Crippen MR) is 59.8 cm³/mol. The number of benzene rings is 1. The summed E-state index contributed by atoms with van der Waals surface area (Å²) in [5.41, 5.74) is 1.16. The Morgan fingerprint density at radius 3 is 2.73 bits per heavy atom. The number of hydrogen-bond donors (Lipinski definition) is 0. The third kappa shape index (κ3) is 2.36. The van der Waals surface area contributed by atoms with Gasteiger partial charge in [0.2, 0.25) is 4.73 Å². The molecule has 1 heterocycles. The monoisotopic (exact) mass is 267 g/mol. The van der Waals surface area contributed by atoms with E-state index in [0.29, 0.717) is 17.3 Å². The number of rotatable bonds is 3. The normalized spacial score (nSPS) is 10.3. The number of hydrogen-bond acceptors (Lipinski definition) is 3. The van der Waals surface area contributed by atoms with Gasteiger partial charge in [-0.2, -0.15) is 4.98 Å². The molecule has 0 aliphatic rings. The molecule has 15 heavy (non-hydrogen) atoms. The molecule has 2 rings (SSSR count). The number of nitrogens with zero attached hydrogens (tertiary/aromatic N) is 3. The molecule has 0 saturated carbocycles. The maximum absolute atomic E-state index is 5.10. The van der Waals surface area contributed by atoms with Crippen LogP contribution in [0.25, 0.3) is 0 Å². The van der Waals surface area contributed by atoms with E-state index in [4.69, 9.17) is 4.74 Å². The molecule has 0 N–H and O–H groups in total. The van der Waals surface area contributed by atoms with E-state index < -0.39 is 0 Å². The van der Waals surface area contributed by atoms with Crippen molar-refractivity contribution in [2.24, 2.45) is 0 Å². The van der Waals surface area contributed by atoms with Gasteiger partial charge in [-0.1, -0.05) is 30.3 Å². The third-order valence-electron chi connectivity index (χ3n) is 1.97. The summed E-state index contributed by atoms with van der Waals surface area (Å²) in [6.07, 6.45) is 0. The fourth-order valence-corrected chi connectivity index (χ4v) is 1.65. The lowest BCUT2D eigenvalue weighted by Crippen LogP contribution is -2.04. The first-order valence-corrected chi connectivity index (χ1v) is 5.27. The molecule has 0 saturated heterocycles. The van der Waals surface area contributed by atoms with Crippen LogP contribution in [0, 0.1) is 0 Å². The Labute approximate surface area is 96.0 Å². The molecule has 2 aromatic rings. The van der Waals surface area contributed by atoms with E-state index in [2.05, 4.69) is 26.0 Å². The van der Waals surface area contributed by atoms with Gasteiger partial charge in [-0.25, -0.2) is 4.68 Å². The van der Waals surface area contributed by atoms with Gasteiger partial charge in [0.15, 0.2) is 0 Å². The van der Waals surface area contributed by atoms with E-state index >= 15 is 0 Å². The number of methoxy groups -OCH3 is 1. The van der Waals surface area contributed by atoms with Crippen molar-refractivity contribution in [1.29, 1.82) is 0 Å². The molecule has 0 unspecified atom stereocenters. The highest BCUT2D eigenvalue weighted by atomic mass is 79.9. The minimum absolute atomic E-state index is 0.505. The van der Waals surface area contributed by atoms with Gasteiger partial charge < -0.3 is 4.74 Å². The van der Waals surface area contributed by atoms with E-state index in [1.54, 1.807) is 11.8 Å². The van der Waals surface area contributed by atoms with Crippen molar-refractivity contribution in [3.05, 3.63) is 40.6 Å². The highest BCUT2D eigenvalue weighted by Gasteiger charge is 2.07. The van der Waals surface area contributed by atoms with Crippen LogP contribution in [0.3, 0.4) is 0 Å². The Morgan fingerprint density at radius 1 is 1.33 bits per heavy atom. The summed E-state index contributed by atoms with van der Waals surface area (Å²) in [6, 6.07) is 10.6. The first-order chi connectivity index (χ1) is 7.29. The van der Waals surface area contributed by atoms with E-state index in [1.165, 1.54) is 0 Å². The quantitative estimate of drug-likeness (QED) is 0.855. The van der Waals surface area contributed by atoms with Crippen molar-refractivity contribution in [2.45, 2.75) is 6.54 Å².